The first-order valence-electron chi connectivity index (χ1n) is 3.26. The van der Waals surface area contributed by atoms with Crippen LogP contribution in [0.5, 0.6) is 0 Å². The van der Waals surface area contributed by atoms with Crippen molar-refractivity contribution in [1.29, 1.82) is 0 Å². The summed E-state index contributed by atoms with van der Waals surface area (Å²) in [6.07, 6.45) is -4.31. The smallest absolute Gasteiger partial charge is 0.380 e. The minimum atomic E-state index is -4.31. The monoisotopic (exact) mass is 169 g/mol. The molecule has 0 spiro atoms. The van der Waals surface area contributed by atoms with Gasteiger partial charge in [-0.15, -0.1) is 0 Å². The van der Waals surface area contributed by atoms with Gasteiger partial charge in [0.1, 0.15) is 6.04 Å². The van der Waals surface area contributed by atoms with E-state index in [9.17, 15) is 13.2 Å². The van der Waals surface area contributed by atoms with E-state index in [1.54, 1.807) is 0 Å². The maximum atomic E-state index is 12.0. The third-order valence-corrected chi connectivity index (χ3v) is 1.97. The fourth-order valence-corrected chi connectivity index (χ4v) is 0.999. The fraction of sp³-hybridized carbons (Fsp3) is 1.00. The molecule has 0 aliphatic carbocycles. The lowest BCUT2D eigenvalue weighted by Gasteiger charge is -2.43. The van der Waals surface area contributed by atoms with Gasteiger partial charge >= 0.3 is 6.18 Å². The van der Waals surface area contributed by atoms with Gasteiger partial charge in [-0.25, -0.2) is 0 Å². The highest BCUT2D eigenvalue weighted by atomic mass is 19.4. The fourth-order valence-electron chi connectivity index (χ4n) is 0.999. The average molecular weight is 169 g/mol. The van der Waals surface area contributed by atoms with Gasteiger partial charge in [-0.2, -0.15) is 13.2 Å². The second-order valence-electron chi connectivity index (χ2n) is 3.17. The molecule has 5 heteroatoms. The van der Waals surface area contributed by atoms with Gasteiger partial charge in [0.25, 0.3) is 0 Å². The van der Waals surface area contributed by atoms with Crippen molar-refractivity contribution < 1.29 is 17.9 Å². The summed E-state index contributed by atoms with van der Waals surface area (Å²) in [5.41, 5.74) is 4.08. The normalized spacial score (nSPS) is 25.9. The quantitative estimate of drug-likeness (QED) is 0.633. The van der Waals surface area contributed by atoms with Crippen LogP contribution in [0.1, 0.15) is 6.92 Å². The van der Waals surface area contributed by atoms with Gasteiger partial charge < -0.3 is 10.5 Å². The van der Waals surface area contributed by atoms with Crippen LogP contribution in [0.4, 0.5) is 13.2 Å². The van der Waals surface area contributed by atoms with E-state index in [1.165, 1.54) is 6.92 Å². The number of hydrogen-bond acceptors (Lipinski definition) is 2. The van der Waals surface area contributed by atoms with Gasteiger partial charge in [0.2, 0.25) is 0 Å². The number of alkyl halides is 3. The molecule has 0 radical (unpaired) electrons. The molecule has 1 saturated heterocycles. The molecule has 1 aliphatic heterocycles. The number of hydrogen-bond donors (Lipinski definition) is 1. The van der Waals surface area contributed by atoms with Gasteiger partial charge in [0.05, 0.1) is 13.2 Å². The third-order valence-electron chi connectivity index (χ3n) is 1.97. The number of nitrogens with two attached hydrogens (primary N) is 1. The van der Waals surface area contributed by atoms with Crippen molar-refractivity contribution in [3.8, 4) is 0 Å². The Morgan fingerprint density at radius 3 is 2.00 bits per heavy atom. The Morgan fingerprint density at radius 1 is 1.45 bits per heavy atom. The van der Waals surface area contributed by atoms with E-state index in [4.69, 9.17) is 5.73 Å². The molecule has 0 saturated carbocycles. The zero-order valence-corrected chi connectivity index (χ0v) is 6.11. The predicted octanol–water partition coefficient (Wildman–Crippen LogP) is 0.913. The highest BCUT2D eigenvalue weighted by molar-refractivity contribution is 4.94. The molecule has 11 heavy (non-hydrogen) atoms. The van der Waals surface area contributed by atoms with Gasteiger partial charge in [0, 0.05) is 5.41 Å². The Bertz CT molecular complexity index is 152. The first kappa shape index (κ1) is 8.80. The zero-order chi connectivity index (χ0) is 8.70. The van der Waals surface area contributed by atoms with Crippen molar-refractivity contribution in [2.45, 2.75) is 19.1 Å². The summed E-state index contributed by atoms with van der Waals surface area (Å²) < 4.78 is 40.6. The van der Waals surface area contributed by atoms with Crippen LogP contribution in [0.15, 0.2) is 0 Å². The molecule has 0 aromatic carbocycles. The van der Waals surface area contributed by atoms with E-state index in [2.05, 4.69) is 4.74 Å². The summed E-state index contributed by atoms with van der Waals surface area (Å²) >= 11 is 0. The van der Waals surface area contributed by atoms with Crippen LogP contribution in [0.2, 0.25) is 0 Å². The van der Waals surface area contributed by atoms with Crippen LogP contribution < -0.4 is 5.73 Å². The van der Waals surface area contributed by atoms with Crippen molar-refractivity contribution in [2.75, 3.05) is 13.2 Å². The molecule has 66 valence electrons. The minimum absolute atomic E-state index is 0.105. The van der Waals surface area contributed by atoms with Crippen LogP contribution in [0.3, 0.4) is 0 Å². The predicted molar refractivity (Wildman–Crippen MR) is 33.0 cm³/mol. The summed E-state index contributed by atoms with van der Waals surface area (Å²) in [7, 11) is 0. The van der Waals surface area contributed by atoms with Crippen LogP contribution in [-0.2, 0) is 4.74 Å². The number of halogens is 3. The lowest BCUT2D eigenvalue weighted by molar-refractivity contribution is -0.220. The van der Waals surface area contributed by atoms with E-state index < -0.39 is 17.6 Å². The Hall–Kier alpha value is -0.290. The standard InChI is InChI=1S/C6H10F3NO/c1-5(2-11-3-5)4(10)6(7,8)9/h4H,2-3,10H2,1H3. The Morgan fingerprint density at radius 2 is 1.91 bits per heavy atom. The molecule has 1 aliphatic rings. The highest BCUT2D eigenvalue weighted by Gasteiger charge is 2.52. The molecular formula is C6H10F3NO. The van der Waals surface area contributed by atoms with Crippen molar-refractivity contribution in [3.63, 3.8) is 0 Å². The maximum absolute atomic E-state index is 12.0. The topological polar surface area (TPSA) is 35.2 Å². The van der Waals surface area contributed by atoms with Gasteiger partial charge in [-0.05, 0) is 0 Å². The second-order valence-corrected chi connectivity index (χ2v) is 3.17. The van der Waals surface area contributed by atoms with Gasteiger partial charge in [-0.3, -0.25) is 0 Å². The second kappa shape index (κ2) is 2.35. The highest BCUT2D eigenvalue weighted by Crippen LogP contribution is 2.37. The zero-order valence-electron chi connectivity index (χ0n) is 6.11. The Labute approximate surface area is 62.5 Å². The molecule has 2 N–H and O–H groups in total. The number of rotatable bonds is 1. The van der Waals surface area contributed by atoms with E-state index in [-0.39, 0.29) is 13.2 Å². The van der Waals surface area contributed by atoms with Crippen LogP contribution in [0, 0.1) is 5.41 Å². The molecule has 1 rings (SSSR count). The molecule has 0 amide bonds. The molecule has 0 bridgehead atoms. The molecule has 1 unspecified atom stereocenters. The van der Waals surface area contributed by atoms with Crippen LogP contribution >= 0.6 is 0 Å². The van der Waals surface area contributed by atoms with E-state index >= 15 is 0 Å². The van der Waals surface area contributed by atoms with E-state index in [0.717, 1.165) is 0 Å². The minimum Gasteiger partial charge on any atom is -0.380 e. The summed E-state index contributed by atoms with van der Waals surface area (Å²) in [5, 5.41) is 0. The van der Waals surface area contributed by atoms with Crippen molar-refractivity contribution in [1.82, 2.24) is 0 Å². The van der Waals surface area contributed by atoms with Crippen LogP contribution in [0.25, 0.3) is 0 Å². The molecular weight excluding hydrogens is 159 g/mol. The molecule has 1 atom stereocenters. The van der Waals surface area contributed by atoms with Crippen LogP contribution in [-0.4, -0.2) is 25.4 Å². The first-order chi connectivity index (χ1) is 4.86. The van der Waals surface area contributed by atoms with E-state index in [0.29, 0.717) is 0 Å². The summed E-state index contributed by atoms with van der Waals surface area (Å²) in [6.45, 7) is 1.69. The molecule has 2 nitrogen and oxygen atoms in total. The van der Waals surface area contributed by atoms with Crippen molar-refractivity contribution in [3.05, 3.63) is 0 Å². The Kier molecular flexibility index (Phi) is 1.88. The van der Waals surface area contributed by atoms with Crippen molar-refractivity contribution in [2.24, 2.45) is 11.1 Å². The summed E-state index contributed by atoms with van der Waals surface area (Å²) in [6, 6.07) is -1.76. The lowest BCUT2D eigenvalue weighted by atomic mass is 9.80. The molecule has 0 aromatic rings. The number of ether oxygens (including phenoxy) is 1. The summed E-state index contributed by atoms with van der Waals surface area (Å²) in [4.78, 5) is 0. The molecule has 1 heterocycles. The van der Waals surface area contributed by atoms with Gasteiger partial charge in [-0.1, -0.05) is 6.92 Å². The largest absolute Gasteiger partial charge is 0.404 e. The first-order valence-corrected chi connectivity index (χ1v) is 3.26. The average Bonchev–Trinajstić information content (AvgIpc) is 1.79. The Balaban J connectivity index is 2.60. The molecule has 0 aromatic heterocycles. The molecule has 1 fully saturated rings. The SMILES string of the molecule is CC1(C(N)C(F)(F)F)COC1. The maximum Gasteiger partial charge on any atom is 0.404 e. The summed E-state index contributed by atoms with van der Waals surface area (Å²) in [5.74, 6) is 0. The van der Waals surface area contributed by atoms with Crippen molar-refractivity contribution >= 4 is 0 Å². The van der Waals surface area contributed by atoms with Gasteiger partial charge in [0.15, 0.2) is 0 Å². The van der Waals surface area contributed by atoms with E-state index in [1.807, 2.05) is 0 Å². The third kappa shape index (κ3) is 1.49. The lowest BCUT2D eigenvalue weighted by Crippen LogP contribution is -2.59.